The number of carbonyl (C=O) groups excluding carboxylic acids is 8. The van der Waals surface area contributed by atoms with Crippen LogP contribution in [0.25, 0.3) is 0 Å². The Hall–Kier alpha value is -3.38. The Labute approximate surface area is 355 Å². The van der Waals surface area contributed by atoms with Crippen LogP contribution in [0.2, 0.25) is 0 Å². The molecule has 0 aromatic rings. The Morgan fingerprint density at radius 2 is 1.10 bits per heavy atom. The van der Waals surface area contributed by atoms with Gasteiger partial charge >= 0.3 is 5.97 Å². The second-order valence-electron chi connectivity index (χ2n) is 14.2. The summed E-state index contributed by atoms with van der Waals surface area (Å²) in [6.07, 6.45) is 8.53. The quantitative estimate of drug-likeness (QED) is 0.0447. The minimum Gasteiger partial charge on any atom is -0.369 e. The lowest BCUT2D eigenvalue weighted by atomic mass is 9.92. The van der Waals surface area contributed by atoms with Gasteiger partial charge in [-0.25, -0.2) is 4.79 Å². The molecule has 4 unspecified atom stereocenters. The van der Waals surface area contributed by atoms with Crippen molar-refractivity contribution in [3.8, 4) is 0 Å². The van der Waals surface area contributed by atoms with Gasteiger partial charge in [0, 0.05) is 87.0 Å². The monoisotopic (exact) mass is 862 g/mol. The molecule has 7 amide bonds. The molecule has 16 nitrogen and oxygen atoms in total. The molecule has 0 spiro atoms. The Morgan fingerprint density at radius 1 is 0.655 bits per heavy atom. The summed E-state index contributed by atoms with van der Waals surface area (Å²) in [7, 11) is 0. The minimum absolute atomic E-state index is 0.0275. The number of nitrogens with zero attached hydrogens (tertiary/aromatic N) is 1. The third kappa shape index (κ3) is 29.8. The first kappa shape index (κ1) is 56.7. The lowest BCUT2D eigenvalue weighted by Gasteiger charge is -2.17. The predicted molar refractivity (Wildman–Crippen MR) is 232 cm³/mol. The Morgan fingerprint density at radius 3 is 1.52 bits per heavy atom. The summed E-state index contributed by atoms with van der Waals surface area (Å²) in [6.45, 7) is 13.8. The number of thioether (sulfide) groups is 2. The number of hydrogen-bond donors (Lipinski definition) is 6. The van der Waals surface area contributed by atoms with Crippen LogP contribution in [0, 0.1) is 23.7 Å². The lowest BCUT2D eigenvalue weighted by Crippen LogP contribution is -2.35. The van der Waals surface area contributed by atoms with Gasteiger partial charge in [-0.3, -0.25) is 33.6 Å². The van der Waals surface area contributed by atoms with E-state index < -0.39 is 23.7 Å². The van der Waals surface area contributed by atoms with Gasteiger partial charge in [-0.2, -0.15) is 23.5 Å². The van der Waals surface area contributed by atoms with Crippen LogP contribution in [0.4, 0.5) is 0 Å². The van der Waals surface area contributed by atoms with Crippen LogP contribution in [0.3, 0.4) is 0 Å². The number of rotatable bonds is 30. The van der Waals surface area contributed by atoms with Crippen LogP contribution < -0.4 is 33.2 Å². The topological polar surface area (TPSA) is 263 Å². The highest BCUT2D eigenvalue weighted by Gasteiger charge is 2.32. The molecule has 9 N–H and O–H groups in total. The zero-order valence-electron chi connectivity index (χ0n) is 36.0. The van der Waals surface area contributed by atoms with Gasteiger partial charge in [-0.05, 0) is 62.9 Å². The van der Waals surface area contributed by atoms with E-state index in [4.69, 9.17) is 22.0 Å². The van der Waals surface area contributed by atoms with Crippen molar-refractivity contribution in [3.63, 3.8) is 0 Å². The maximum atomic E-state index is 12.1. The molecular formula is C40H75N7O9S2. The first-order valence-electron chi connectivity index (χ1n) is 20.9. The molecule has 1 saturated heterocycles. The summed E-state index contributed by atoms with van der Waals surface area (Å²) < 4.78 is 0. The van der Waals surface area contributed by atoms with Crippen molar-refractivity contribution in [3.05, 3.63) is 0 Å². The summed E-state index contributed by atoms with van der Waals surface area (Å²) in [5.74, 6) is 0.447. The summed E-state index contributed by atoms with van der Waals surface area (Å²) in [5.41, 5.74) is 15.7. The maximum Gasteiger partial charge on any atom is 0.333 e. The molecule has 0 aromatic carbocycles. The van der Waals surface area contributed by atoms with Gasteiger partial charge in [-0.15, -0.1) is 5.06 Å². The van der Waals surface area contributed by atoms with Gasteiger partial charge in [0.25, 0.3) is 11.8 Å². The zero-order chi connectivity index (χ0) is 44.3. The van der Waals surface area contributed by atoms with Crippen LogP contribution in [0.15, 0.2) is 0 Å². The van der Waals surface area contributed by atoms with Crippen LogP contribution in [-0.4, -0.2) is 102 Å². The van der Waals surface area contributed by atoms with E-state index in [0.717, 1.165) is 23.8 Å². The number of hydroxylamine groups is 2. The number of nitrogens with one attached hydrogen (secondary N) is 3. The molecule has 0 bridgehead atoms. The molecule has 1 rings (SSSR count). The van der Waals surface area contributed by atoms with Crippen molar-refractivity contribution in [1.82, 2.24) is 21.0 Å². The summed E-state index contributed by atoms with van der Waals surface area (Å²) in [6, 6.07) is 0. The van der Waals surface area contributed by atoms with Gasteiger partial charge in [0.05, 0.1) is 0 Å². The van der Waals surface area contributed by atoms with Gasteiger partial charge in [-0.1, -0.05) is 54.4 Å². The highest BCUT2D eigenvalue weighted by atomic mass is 32.2. The molecule has 0 aliphatic carbocycles. The molecule has 0 aromatic heterocycles. The second kappa shape index (κ2) is 36.7. The molecule has 1 fully saturated rings. The Bertz CT molecular complexity index is 1210. The molecular weight excluding hydrogens is 787 g/mol. The fourth-order valence-corrected chi connectivity index (χ4v) is 6.94. The molecule has 1 aliphatic heterocycles. The molecule has 18 heteroatoms. The van der Waals surface area contributed by atoms with E-state index in [1.807, 2.05) is 37.4 Å². The smallest absolute Gasteiger partial charge is 0.333 e. The van der Waals surface area contributed by atoms with Gasteiger partial charge in [0.15, 0.2) is 0 Å². The first-order valence-corrected chi connectivity index (χ1v) is 23.2. The zero-order valence-corrected chi connectivity index (χ0v) is 37.7. The van der Waals surface area contributed by atoms with E-state index >= 15 is 0 Å². The van der Waals surface area contributed by atoms with E-state index in [0.29, 0.717) is 63.1 Å². The van der Waals surface area contributed by atoms with E-state index in [-0.39, 0.29) is 73.1 Å². The van der Waals surface area contributed by atoms with Crippen molar-refractivity contribution in [2.24, 2.45) is 40.9 Å². The van der Waals surface area contributed by atoms with Gasteiger partial charge in [0.2, 0.25) is 29.5 Å². The van der Waals surface area contributed by atoms with Crippen molar-refractivity contribution in [2.45, 2.75) is 131 Å². The van der Waals surface area contributed by atoms with Gasteiger partial charge in [0.1, 0.15) is 0 Å². The molecule has 1 aliphatic rings. The standard InChI is InChI=1S/C18H35N3O3S.C16H25N3O6.C6H15NS/c1-4-6-11-25-12-10-20-16(22)8-7-9-21-18(24)15(5-2)13-14(3)17(19)23;1-3-11(9-10(2)15(17)23)16(24)18-8-4-5-14(22)25-19-12(20)6-7-13(19)21;1-2-3-5-8-6-4-7/h14-15H,4-13H2,1-3H3,(H2,19,23)(H,20,22)(H,21,24);10-11H,3-9H2,1-2H3,(H2,17,23)(H,18,24);2-7H2,1H3. The Balaban J connectivity index is 0. The fourth-order valence-electron chi connectivity index (χ4n) is 5.13. The summed E-state index contributed by atoms with van der Waals surface area (Å²) in [4.78, 5) is 97.0. The van der Waals surface area contributed by atoms with E-state index in [1.54, 1.807) is 13.8 Å². The molecule has 0 radical (unpaired) electrons. The number of carbonyl (C=O) groups is 8. The van der Waals surface area contributed by atoms with E-state index in [1.165, 1.54) is 31.4 Å². The lowest BCUT2D eigenvalue weighted by molar-refractivity contribution is -0.197. The summed E-state index contributed by atoms with van der Waals surface area (Å²) in [5, 5.41) is 8.94. The third-order valence-corrected chi connectivity index (χ3v) is 11.2. The van der Waals surface area contributed by atoms with Crippen molar-refractivity contribution in [1.29, 1.82) is 0 Å². The largest absolute Gasteiger partial charge is 0.369 e. The molecule has 336 valence electrons. The predicted octanol–water partition coefficient (Wildman–Crippen LogP) is 3.58. The normalized spacial score (nSPS) is 14.1. The molecule has 0 saturated carbocycles. The second-order valence-corrected chi connectivity index (χ2v) is 16.6. The Kier molecular flexibility index (Phi) is 35.9. The SMILES string of the molecule is CCC(CC(C)C(N)=O)C(=O)NCCCC(=O)ON1C(=O)CCC1=O.CCCCSCCN.CCCCSCCNC(=O)CCCNC(=O)C(CC)CC(C)C(N)=O. The van der Waals surface area contributed by atoms with Crippen LogP contribution in [0.1, 0.15) is 131 Å². The number of hydrogen-bond acceptors (Lipinski definition) is 12. The van der Waals surface area contributed by atoms with E-state index in [9.17, 15) is 38.4 Å². The summed E-state index contributed by atoms with van der Waals surface area (Å²) >= 11 is 3.81. The molecule has 58 heavy (non-hydrogen) atoms. The highest BCUT2D eigenvalue weighted by molar-refractivity contribution is 7.99. The fraction of sp³-hybridized carbons (Fsp3) is 0.800. The van der Waals surface area contributed by atoms with Crippen molar-refractivity contribution >= 4 is 70.8 Å². The first-order chi connectivity index (χ1) is 27.6. The number of primary amides is 2. The number of nitrogens with two attached hydrogens (primary N) is 3. The number of unbranched alkanes of at least 4 members (excludes halogenated alkanes) is 2. The van der Waals surface area contributed by atoms with Crippen LogP contribution >= 0.6 is 23.5 Å². The highest BCUT2D eigenvalue weighted by Crippen LogP contribution is 2.17. The molecule has 1 heterocycles. The van der Waals surface area contributed by atoms with Crippen molar-refractivity contribution in [2.75, 3.05) is 49.2 Å². The average Bonchev–Trinajstić information content (AvgIpc) is 3.51. The van der Waals surface area contributed by atoms with Crippen molar-refractivity contribution < 1.29 is 43.2 Å². The van der Waals surface area contributed by atoms with Gasteiger partial charge < -0.3 is 38.0 Å². The number of amides is 7. The minimum atomic E-state index is -0.702. The van der Waals surface area contributed by atoms with Crippen LogP contribution in [0.5, 0.6) is 0 Å². The number of imide groups is 1. The molecule has 4 atom stereocenters. The van der Waals surface area contributed by atoms with Crippen LogP contribution in [-0.2, 0) is 43.2 Å². The third-order valence-electron chi connectivity index (χ3n) is 9.03. The van der Waals surface area contributed by atoms with E-state index in [2.05, 4.69) is 29.8 Å². The maximum absolute atomic E-state index is 12.1. The average molecular weight is 862 g/mol.